The van der Waals surface area contributed by atoms with Crippen LogP contribution in [0.3, 0.4) is 0 Å². The molecule has 84 valence electrons. The Morgan fingerprint density at radius 1 is 1.29 bits per heavy atom. The molecule has 1 rings (SSSR count). The molecule has 0 amide bonds. The highest BCUT2D eigenvalue weighted by Gasteiger charge is 2.38. The van der Waals surface area contributed by atoms with Crippen LogP contribution < -0.4 is 5.73 Å². The Hall–Kier alpha value is -0.160. The summed E-state index contributed by atoms with van der Waals surface area (Å²) in [4.78, 5) is 0. The summed E-state index contributed by atoms with van der Waals surface area (Å²) in [5.74, 6) is 0. The minimum Gasteiger partial charge on any atom is -0.389 e. The van der Waals surface area contributed by atoms with Gasteiger partial charge in [-0.05, 0) is 11.8 Å². The lowest BCUT2D eigenvalue weighted by molar-refractivity contribution is -0.153. The van der Waals surface area contributed by atoms with Crippen LogP contribution in [0.1, 0.15) is 27.2 Å². The summed E-state index contributed by atoms with van der Waals surface area (Å²) in [6.45, 7) is 6.54. The zero-order valence-electron chi connectivity index (χ0n) is 9.10. The van der Waals surface area contributed by atoms with Crippen molar-refractivity contribution in [3.63, 3.8) is 0 Å². The summed E-state index contributed by atoms with van der Waals surface area (Å²) in [7, 11) is 0. The minimum absolute atomic E-state index is 0.0762. The lowest BCUT2D eigenvalue weighted by Gasteiger charge is -2.38. The van der Waals surface area contributed by atoms with Gasteiger partial charge in [0, 0.05) is 0 Å². The van der Waals surface area contributed by atoms with Crippen molar-refractivity contribution >= 4 is 0 Å². The summed E-state index contributed by atoms with van der Waals surface area (Å²) in [6, 6.07) is -0.471. The molecule has 0 aromatic heterocycles. The Kier molecular flexibility index (Phi) is 3.53. The second-order valence-corrected chi connectivity index (χ2v) is 5.28. The van der Waals surface area contributed by atoms with Crippen LogP contribution >= 0.6 is 0 Å². The number of ether oxygens (including phenoxy) is 1. The van der Waals surface area contributed by atoms with E-state index in [9.17, 15) is 10.2 Å². The van der Waals surface area contributed by atoms with Crippen LogP contribution in [-0.2, 0) is 4.74 Å². The third-order valence-corrected chi connectivity index (χ3v) is 2.49. The first-order valence-corrected chi connectivity index (χ1v) is 5.04. The van der Waals surface area contributed by atoms with E-state index in [-0.39, 0.29) is 11.5 Å². The Labute approximate surface area is 85.1 Å². The molecule has 0 bridgehead atoms. The summed E-state index contributed by atoms with van der Waals surface area (Å²) in [6.07, 6.45) is -1.31. The average Bonchev–Trinajstić information content (AvgIpc) is 2.04. The first kappa shape index (κ1) is 11.9. The molecule has 1 aliphatic rings. The normalized spacial score (nSPS) is 39.9. The second kappa shape index (κ2) is 4.14. The lowest BCUT2D eigenvalue weighted by Crippen LogP contribution is -2.57. The van der Waals surface area contributed by atoms with E-state index in [2.05, 4.69) is 20.8 Å². The van der Waals surface area contributed by atoms with E-state index in [0.29, 0.717) is 6.61 Å². The van der Waals surface area contributed by atoms with Gasteiger partial charge in [-0.15, -0.1) is 0 Å². The number of rotatable bonds is 1. The van der Waals surface area contributed by atoms with Gasteiger partial charge in [0.2, 0.25) is 0 Å². The Bertz CT molecular complexity index is 190. The van der Waals surface area contributed by atoms with E-state index >= 15 is 0 Å². The molecule has 14 heavy (non-hydrogen) atoms. The molecule has 1 fully saturated rings. The monoisotopic (exact) mass is 203 g/mol. The Morgan fingerprint density at radius 3 is 2.36 bits per heavy atom. The molecule has 0 saturated carbocycles. The van der Waals surface area contributed by atoms with Crippen LogP contribution in [0.25, 0.3) is 0 Å². The molecule has 4 heteroatoms. The van der Waals surface area contributed by atoms with E-state index in [0.717, 1.165) is 6.42 Å². The smallest absolute Gasteiger partial charge is 0.108 e. The highest BCUT2D eigenvalue weighted by atomic mass is 16.5. The maximum Gasteiger partial charge on any atom is 0.108 e. The van der Waals surface area contributed by atoms with Crippen molar-refractivity contribution in [3.05, 3.63) is 0 Å². The van der Waals surface area contributed by atoms with Crippen molar-refractivity contribution in [1.29, 1.82) is 0 Å². The summed E-state index contributed by atoms with van der Waals surface area (Å²) < 4.78 is 5.41. The second-order valence-electron chi connectivity index (χ2n) is 5.28. The summed E-state index contributed by atoms with van der Waals surface area (Å²) in [5.41, 5.74) is 5.64. The molecule has 4 nitrogen and oxygen atoms in total. The summed E-state index contributed by atoms with van der Waals surface area (Å²) >= 11 is 0. The minimum atomic E-state index is -0.865. The number of hydrogen-bond donors (Lipinski definition) is 3. The molecule has 0 radical (unpaired) electrons. The van der Waals surface area contributed by atoms with Crippen molar-refractivity contribution in [2.75, 3.05) is 6.61 Å². The lowest BCUT2D eigenvalue weighted by atomic mass is 9.84. The standard InChI is InChI=1S/C10H21NO3/c1-10(2,3)4-7-9(13)8(12)6(11)5-14-7/h6-9,12-13H,4-5,11H2,1-3H3/t6-,7-,8-,9-/m1/s1. The third kappa shape index (κ3) is 2.92. The Morgan fingerprint density at radius 2 is 1.86 bits per heavy atom. The highest BCUT2D eigenvalue weighted by Crippen LogP contribution is 2.27. The topological polar surface area (TPSA) is 75.7 Å². The van der Waals surface area contributed by atoms with Crippen LogP contribution in [0.15, 0.2) is 0 Å². The van der Waals surface area contributed by atoms with E-state index in [1.54, 1.807) is 0 Å². The van der Waals surface area contributed by atoms with E-state index in [4.69, 9.17) is 10.5 Å². The quantitative estimate of drug-likeness (QED) is 0.555. The molecular weight excluding hydrogens is 182 g/mol. The first-order chi connectivity index (χ1) is 6.31. The van der Waals surface area contributed by atoms with Crippen molar-refractivity contribution in [2.45, 2.75) is 51.5 Å². The van der Waals surface area contributed by atoms with Crippen molar-refractivity contribution in [2.24, 2.45) is 11.1 Å². The molecule has 4 N–H and O–H groups in total. The van der Waals surface area contributed by atoms with Gasteiger partial charge in [-0.3, -0.25) is 0 Å². The largest absolute Gasteiger partial charge is 0.389 e. The van der Waals surface area contributed by atoms with Crippen LogP contribution in [0, 0.1) is 5.41 Å². The van der Waals surface area contributed by atoms with Gasteiger partial charge in [0.25, 0.3) is 0 Å². The maximum absolute atomic E-state index is 9.72. The molecule has 0 aromatic rings. The molecule has 0 aromatic carbocycles. The zero-order chi connectivity index (χ0) is 10.9. The van der Waals surface area contributed by atoms with Crippen LogP contribution in [0.2, 0.25) is 0 Å². The fraction of sp³-hybridized carbons (Fsp3) is 1.00. The SMILES string of the molecule is CC(C)(C)C[C@H]1OC[C@@H](N)[C@@H](O)[C@@H]1O. The molecule has 1 aliphatic heterocycles. The number of aliphatic hydroxyl groups excluding tert-OH is 2. The predicted molar refractivity (Wildman–Crippen MR) is 53.8 cm³/mol. The highest BCUT2D eigenvalue weighted by molar-refractivity contribution is 4.90. The predicted octanol–water partition coefficient (Wildman–Crippen LogP) is -0.130. The third-order valence-electron chi connectivity index (χ3n) is 2.49. The van der Waals surface area contributed by atoms with E-state index in [1.807, 2.05) is 0 Å². The number of nitrogens with two attached hydrogens (primary N) is 1. The van der Waals surface area contributed by atoms with Crippen LogP contribution in [0.5, 0.6) is 0 Å². The van der Waals surface area contributed by atoms with Crippen molar-refractivity contribution < 1.29 is 14.9 Å². The van der Waals surface area contributed by atoms with Gasteiger partial charge in [-0.1, -0.05) is 20.8 Å². The fourth-order valence-corrected chi connectivity index (χ4v) is 1.69. The van der Waals surface area contributed by atoms with Crippen molar-refractivity contribution in [1.82, 2.24) is 0 Å². The van der Waals surface area contributed by atoms with Gasteiger partial charge in [0.15, 0.2) is 0 Å². The van der Waals surface area contributed by atoms with Gasteiger partial charge >= 0.3 is 0 Å². The van der Waals surface area contributed by atoms with Gasteiger partial charge in [-0.2, -0.15) is 0 Å². The van der Waals surface area contributed by atoms with E-state index in [1.165, 1.54) is 0 Å². The summed E-state index contributed by atoms with van der Waals surface area (Å²) in [5, 5.41) is 19.3. The fourth-order valence-electron chi connectivity index (χ4n) is 1.69. The van der Waals surface area contributed by atoms with Gasteiger partial charge < -0.3 is 20.7 Å². The molecule has 1 heterocycles. The molecule has 0 unspecified atom stereocenters. The Balaban J connectivity index is 2.55. The van der Waals surface area contributed by atoms with Gasteiger partial charge in [0.1, 0.15) is 6.10 Å². The number of aliphatic hydroxyl groups is 2. The van der Waals surface area contributed by atoms with Gasteiger partial charge in [0.05, 0.1) is 24.9 Å². The van der Waals surface area contributed by atoms with E-state index < -0.39 is 18.2 Å². The molecule has 0 aliphatic carbocycles. The molecular formula is C10H21NO3. The molecule has 1 saturated heterocycles. The molecule has 4 atom stereocenters. The molecule has 0 spiro atoms. The first-order valence-electron chi connectivity index (χ1n) is 5.04. The maximum atomic E-state index is 9.72. The average molecular weight is 203 g/mol. The van der Waals surface area contributed by atoms with Crippen LogP contribution in [-0.4, -0.2) is 41.2 Å². The van der Waals surface area contributed by atoms with Gasteiger partial charge in [-0.25, -0.2) is 0 Å². The number of hydrogen-bond acceptors (Lipinski definition) is 4. The van der Waals surface area contributed by atoms with Crippen molar-refractivity contribution in [3.8, 4) is 0 Å². The van der Waals surface area contributed by atoms with Crippen LogP contribution in [0.4, 0.5) is 0 Å². The zero-order valence-corrected chi connectivity index (χ0v) is 9.10.